The molecular weight excluding hydrogens is 328 g/mol. The van der Waals surface area contributed by atoms with Crippen LogP contribution in [0.25, 0.3) is 0 Å². The smallest absolute Gasteiger partial charge is 0.220 e. The van der Waals surface area contributed by atoms with Crippen LogP contribution >= 0.6 is 11.6 Å². The zero-order valence-electron chi connectivity index (χ0n) is 13.6. The molecular formula is C18H23ClN2O3. The van der Waals surface area contributed by atoms with Gasteiger partial charge in [-0.25, -0.2) is 0 Å². The van der Waals surface area contributed by atoms with E-state index in [4.69, 9.17) is 21.1 Å². The first-order valence-corrected chi connectivity index (χ1v) is 9.16. The van der Waals surface area contributed by atoms with E-state index in [2.05, 4.69) is 10.6 Å². The van der Waals surface area contributed by atoms with Gasteiger partial charge in [-0.2, -0.15) is 0 Å². The Kier molecular flexibility index (Phi) is 4.55. The summed E-state index contributed by atoms with van der Waals surface area (Å²) in [5.74, 6) is 1.89. The number of rotatable bonds is 4. The molecule has 0 aliphatic carbocycles. The number of carbonyl (C=O) groups excluding carboxylic acids is 1. The summed E-state index contributed by atoms with van der Waals surface area (Å²) in [7, 11) is 0. The number of carbonyl (C=O) groups is 1. The van der Waals surface area contributed by atoms with Crippen molar-refractivity contribution in [2.24, 2.45) is 5.92 Å². The van der Waals surface area contributed by atoms with Gasteiger partial charge >= 0.3 is 0 Å². The van der Waals surface area contributed by atoms with Gasteiger partial charge in [-0.05, 0) is 49.3 Å². The molecule has 130 valence electrons. The second-order valence-corrected chi connectivity index (χ2v) is 7.47. The van der Waals surface area contributed by atoms with E-state index in [-0.39, 0.29) is 5.91 Å². The van der Waals surface area contributed by atoms with Crippen LogP contribution < -0.4 is 20.1 Å². The summed E-state index contributed by atoms with van der Waals surface area (Å²) in [4.78, 5) is 12.3. The molecule has 3 heterocycles. The van der Waals surface area contributed by atoms with E-state index >= 15 is 0 Å². The highest BCUT2D eigenvalue weighted by molar-refractivity contribution is 6.32. The van der Waals surface area contributed by atoms with Crippen LogP contribution in [0, 0.1) is 5.92 Å². The topological polar surface area (TPSA) is 59.6 Å². The Morgan fingerprint density at radius 3 is 2.75 bits per heavy atom. The second kappa shape index (κ2) is 6.81. The maximum atomic E-state index is 12.3. The van der Waals surface area contributed by atoms with Crippen molar-refractivity contribution >= 4 is 17.5 Å². The van der Waals surface area contributed by atoms with Crippen molar-refractivity contribution in [3.63, 3.8) is 0 Å². The lowest BCUT2D eigenvalue weighted by Gasteiger charge is -2.28. The summed E-state index contributed by atoms with van der Waals surface area (Å²) in [6, 6.07) is 4.97. The van der Waals surface area contributed by atoms with Crippen molar-refractivity contribution < 1.29 is 14.3 Å². The minimum Gasteiger partial charge on any atom is -0.486 e. The molecule has 0 aromatic heterocycles. The van der Waals surface area contributed by atoms with Gasteiger partial charge in [0.1, 0.15) is 13.2 Å². The Bertz CT molecular complexity index is 625. The third kappa shape index (κ3) is 3.47. The van der Waals surface area contributed by atoms with Gasteiger partial charge < -0.3 is 20.1 Å². The molecule has 3 aliphatic heterocycles. The third-order valence-corrected chi connectivity index (χ3v) is 5.47. The molecule has 2 bridgehead atoms. The third-order valence-electron chi connectivity index (χ3n) is 5.19. The molecule has 2 N–H and O–H groups in total. The fraction of sp³-hybridized carbons (Fsp3) is 0.611. The lowest BCUT2D eigenvalue weighted by molar-refractivity contribution is -0.122. The first-order valence-electron chi connectivity index (χ1n) is 8.78. The van der Waals surface area contributed by atoms with Crippen LogP contribution in [0.5, 0.6) is 11.5 Å². The largest absolute Gasteiger partial charge is 0.486 e. The number of piperidine rings is 1. The molecule has 5 nitrogen and oxygen atoms in total. The van der Waals surface area contributed by atoms with Crippen molar-refractivity contribution in [1.82, 2.24) is 10.6 Å². The summed E-state index contributed by atoms with van der Waals surface area (Å²) < 4.78 is 11.1. The van der Waals surface area contributed by atoms with Gasteiger partial charge in [0.25, 0.3) is 0 Å². The first-order chi connectivity index (χ1) is 11.7. The van der Waals surface area contributed by atoms with Crippen LogP contribution in [0.15, 0.2) is 12.1 Å². The quantitative estimate of drug-likeness (QED) is 0.876. The van der Waals surface area contributed by atoms with Crippen molar-refractivity contribution in [2.75, 3.05) is 13.2 Å². The average molecular weight is 351 g/mol. The molecule has 0 spiro atoms. The SMILES string of the molecule is O=C(CC1CC2CCC(C1)N2)NCc1cc(Cl)c2c(c1)OCCO2. The predicted octanol–water partition coefficient (Wildman–Crippen LogP) is 2.65. The van der Waals surface area contributed by atoms with Crippen LogP contribution in [0.4, 0.5) is 0 Å². The Morgan fingerprint density at radius 1 is 1.21 bits per heavy atom. The maximum Gasteiger partial charge on any atom is 0.220 e. The van der Waals surface area contributed by atoms with Crippen LogP contribution in [0.2, 0.25) is 5.02 Å². The molecule has 2 unspecified atom stereocenters. The molecule has 1 amide bonds. The van der Waals surface area contributed by atoms with E-state index < -0.39 is 0 Å². The van der Waals surface area contributed by atoms with Gasteiger partial charge in [-0.15, -0.1) is 0 Å². The number of hydrogen-bond donors (Lipinski definition) is 2. The fourth-order valence-corrected chi connectivity index (χ4v) is 4.43. The molecule has 0 saturated carbocycles. The van der Waals surface area contributed by atoms with Crippen molar-refractivity contribution in [3.05, 3.63) is 22.7 Å². The van der Waals surface area contributed by atoms with Gasteiger partial charge in [-0.1, -0.05) is 11.6 Å². The molecule has 0 radical (unpaired) electrons. The van der Waals surface area contributed by atoms with E-state index in [0.717, 1.165) is 18.4 Å². The summed E-state index contributed by atoms with van der Waals surface area (Å²) >= 11 is 6.23. The molecule has 2 saturated heterocycles. The van der Waals surface area contributed by atoms with Crippen molar-refractivity contribution in [3.8, 4) is 11.5 Å². The molecule has 2 fully saturated rings. The Balaban J connectivity index is 1.31. The van der Waals surface area contributed by atoms with Crippen LogP contribution in [0.3, 0.4) is 0 Å². The average Bonchev–Trinajstić information content (AvgIpc) is 2.92. The molecule has 1 aromatic rings. The summed E-state index contributed by atoms with van der Waals surface area (Å²) in [6.07, 6.45) is 5.39. The number of benzene rings is 1. The van der Waals surface area contributed by atoms with Crippen LogP contribution in [-0.2, 0) is 11.3 Å². The normalized spacial score (nSPS) is 27.8. The highest BCUT2D eigenvalue weighted by atomic mass is 35.5. The Labute approximate surface area is 147 Å². The summed E-state index contributed by atoms with van der Waals surface area (Å²) in [5, 5.41) is 7.16. The second-order valence-electron chi connectivity index (χ2n) is 7.06. The summed E-state index contributed by atoms with van der Waals surface area (Å²) in [6.45, 7) is 1.51. The molecule has 3 aliphatic rings. The molecule has 24 heavy (non-hydrogen) atoms. The van der Waals surface area contributed by atoms with Crippen molar-refractivity contribution in [2.45, 2.75) is 50.7 Å². The van der Waals surface area contributed by atoms with Crippen molar-refractivity contribution in [1.29, 1.82) is 0 Å². The standard InChI is InChI=1S/C18H23ClN2O3/c19-15-7-12(8-16-18(15)24-4-3-23-16)10-20-17(22)9-11-5-13-1-2-14(6-11)21-13/h7-8,11,13-14,21H,1-6,9-10H2,(H,20,22). The highest BCUT2D eigenvalue weighted by Gasteiger charge is 2.34. The van der Waals surface area contributed by atoms with E-state index in [0.29, 0.717) is 60.7 Å². The van der Waals surface area contributed by atoms with Gasteiger partial charge in [-0.3, -0.25) is 4.79 Å². The van der Waals surface area contributed by atoms with E-state index in [1.54, 1.807) is 0 Å². The highest BCUT2D eigenvalue weighted by Crippen LogP contribution is 2.38. The summed E-state index contributed by atoms with van der Waals surface area (Å²) in [5.41, 5.74) is 0.933. The Hall–Kier alpha value is -1.46. The van der Waals surface area contributed by atoms with Gasteiger partial charge in [0.15, 0.2) is 11.5 Å². The molecule has 6 heteroatoms. The first kappa shape index (κ1) is 16.0. The number of amides is 1. The number of nitrogens with one attached hydrogen (secondary N) is 2. The molecule has 4 rings (SSSR count). The minimum absolute atomic E-state index is 0.118. The van der Waals surface area contributed by atoms with Gasteiger partial charge in [0.05, 0.1) is 5.02 Å². The van der Waals surface area contributed by atoms with E-state index in [1.807, 2.05) is 12.1 Å². The van der Waals surface area contributed by atoms with Crippen LogP contribution in [0.1, 0.15) is 37.7 Å². The minimum atomic E-state index is 0.118. The van der Waals surface area contributed by atoms with E-state index in [9.17, 15) is 4.79 Å². The van der Waals surface area contributed by atoms with Gasteiger partial charge in [0, 0.05) is 25.0 Å². The number of hydrogen-bond acceptors (Lipinski definition) is 4. The zero-order valence-corrected chi connectivity index (χ0v) is 14.4. The van der Waals surface area contributed by atoms with Crippen LogP contribution in [-0.4, -0.2) is 31.2 Å². The van der Waals surface area contributed by atoms with Gasteiger partial charge in [0.2, 0.25) is 5.91 Å². The molecule has 1 aromatic carbocycles. The monoisotopic (exact) mass is 350 g/mol. The lowest BCUT2D eigenvalue weighted by atomic mass is 9.89. The number of halogens is 1. The number of fused-ring (bicyclic) bond motifs is 3. The predicted molar refractivity (Wildman–Crippen MR) is 91.6 cm³/mol. The molecule has 2 atom stereocenters. The number of ether oxygens (including phenoxy) is 2. The maximum absolute atomic E-state index is 12.3. The Morgan fingerprint density at radius 2 is 1.96 bits per heavy atom. The lowest BCUT2D eigenvalue weighted by Crippen LogP contribution is -2.39. The fourth-order valence-electron chi connectivity index (χ4n) is 4.14. The zero-order chi connectivity index (χ0) is 16.5. The van der Waals surface area contributed by atoms with E-state index in [1.165, 1.54) is 12.8 Å².